The molecule has 1 aromatic carbocycles. The number of carbonyl (C=O) groups excluding carboxylic acids is 1. The lowest BCUT2D eigenvalue weighted by Gasteiger charge is -2.10. The molecule has 0 spiro atoms. The predicted octanol–water partition coefficient (Wildman–Crippen LogP) is 2.36. The second kappa shape index (κ2) is 5.40. The van der Waals surface area contributed by atoms with Gasteiger partial charge in [0.15, 0.2) is 5.58 Å². The molecule has 5 nitrogen and oxygen atoms in total. The molecule has 3 rings (SSSR count). The number of rotatable bonds is 4. The van der Waals surface area contributed by atoms with Gasteiger partial charge in [-0.3, -0.25) is 9.63 Å². The van der Waals surface area contributed by atoms with Gasteiger partial charge in [0, 0.05) is 5.39 Å². The molecule has 0 saturated heterocycles. The van der Waals surface area contributed by atoms with Gasteiger partial charge in [-0.05, 0) is 25.0 Å². The number of aromatic nitrogens is 1. The van der Waals surface area contributed by atoms with Crippen molar-refractivity contribution in [3.05, 3.63) is 30.0 Å². The van der Waals surface area contributed by atoms with Gasteiger partial charge in [0.05, 0.1) is 12.5 Å². The maximum atomic E-state index is 11.8. The Morgan fingerprint density at radius 1 is 1.37 bits per heavy atom. The molecule has 1 fully saturated rings. The van der Waals surface area contributed by atoms with Crippen LogP contribution in [0.4, 0.5) is 0 Å². The van der Waals surface area contributed by atoms with Gasteiger partial charge in [-0.15, -0.1) is 0 Å². The van der Waals surface area contributed by atoms with Crippen LogP contribution in [0.25, 0.3) is 11.0 Å². The van der Waals surface area contributed by atoms with Crippen molar-refractivity contribution in [3.8, 4) is 0 Å². The number of hydroxylamine groups is 1. The molecular weight excluding hydrogens is 244 g/mol. The number of amides is 1. The highest BCUT2D eigenvalue weighted by molar-refractivity contribution is 5.85. The molecular formula is C14H16N2O3. The zero-order valence-electron chi connectivity index (χ0n) is 10.6. The van der Waals surface area contributed by atoms with Gasteiger partial charge in [0.1, 0.15) is 5.69 Å². The van der Waals surface area contributed by atoms with Crippen LogP contribution in [0.5, 0.6) is 0 Å². The van der Waals surface area contributed by atoms with Crippen molar-refractivity contribution in [3.63, 3.8) is 0 Å². The van der Waals surface area contributed by atoms with E-state index in [2.05, 4.69) is 10.6 Å². The zero-order valence-corrected chi connectivity index (χ0v) is 10.6. The van der Waals surface area contributed by atoms with Gasteiger partial charge in [-0.1, -0.05) is 30.1 Å². The minimum atomic E-state index is -0.189. The van der Waals surface area contributed by atoms with E-state index in [1.807, 2.05) is 24.3 Å². The summed E-state index contributed by atoms with van der Waals surface area (Å²) in [6.07, 6.45) is 4.73. The second-order valence-electron chi connectivity index (χ2n) is 4.85. The summed E-state index contributed by atoms with van der Waals surface area (Å²) in [7, 11) is 0. The predicted molar refractivity (Wildman–Crippen MR) is 69.2 cm³/mol. The molecule has 0 unspecified atom stereocenters. The summed E-state index contributed by atoms with van der Waals surface area (Å²) in [6, 6.07) is 7.50. The molecule has 100 valence electrons. The molecule has 19 heavy (non-hydrogen) atoms. The van der Waals surface area contributed by atoms with Crippen LogP contribution in [0.15, 0.2) is 28.8 Å². The summed E-state index contributed by atoms with van der Waals surface area (Å²) in [4.78, 5) is 17.2. The highest BCUT2D eigenvalue weighted by Gasteiger charge is 2.18. The van der Waals surface area contributed by atoms with Gasteiger partial charge in [0.2, 0.25) is 5.91 Å². The largest absolute Gasteiger partial charge is 0.356 e. The topological polar surface area (TPSA) is 64.4 Å². The average molecular weight is 260 g/mol. The molecule has 1 N–H and O–H groups in total. The summed E-state index contributed by atoms with van der Waals surface area (Å²) in [5.74, 6) is -0.189. The SMILES string of the molecule is O=C(Cc1noc2ccccc12)NOC1CCCC1. The van der Waals surface area contributed by atoms with Crippen LogP contribution in [0.3, 0.4) is 0 Å². The van der Waals surface area contributed by atoms with E-state index in [-0.39, 0.29) is 18.4 Å². The molecule has 1 amide bonds. The van der Waals surface area contributed by atoms with Crippen molar-refractivity contribution in [2.24, 2.45) is 0 Å². The molecule has 1 saturated carbocycles. The molecule has 0 aliphatic heterocycles. The van der Waals surface area contributed by atoms with Crippen molar-refractivity contribution in [2.45, 2.75) is 38.2 Å². The third-order valence-electron chi connectivity index (χ3n) is 3.42. The summed E-state index contributed by atoms with van der Waals surface area (Å²) < 4.78 is 5.16. The summed E-state index contributed by atoms with van der Waals surface area (Å²) in [6.45, 7) is 0. The van der Waals surface area contributed by atoms with E-state index in [9.17, 15) is 4.79 Å². The summed E-state index contributed by atoms with van der Waals surface area (Å²) in [5, 5.41) is 4.80. The van der Waals surface area contributed by atoms with Crippen LogP contribution in [-0.2, 0) is 16.1 Å². The van der Waals surface area contributed by atoms with Crippen LogP contribution in [0.1, 0.15) is 31.4 Å². The van der Waals surface area contributed by atoms with Crippen molar-refractivity contribution < 1.29 is 14.2 Å². The number of carbonyl (C=O) groups is 1. The molecule has 1 aliphatic rings. The van der Waals surface area contributed by atoms with Gasteiger partial charge >= 0.3 is 0 Å². The average Bonchev–Trinajstić information content (AvgIpc) is 3.07. The molecule has 1 aromatic heterocycles. The number of hydrogen-bond acceptors (Lipinski definition) is 4. The van der Waals surface area contributed by atoms with Gasteiger partial charge in [0.25, 0.3) is 0 Å². The lowest BCUT2D eigenvalue weighted by Crippen LogP contribution is -2.29. The van der Waals surface area contributed by atoms with Crippen molar-refractivity contribution in [1.29, 1.82) is 0 Å². The summed E-state index contributed by atoms with van der Waals surface area (Å²) in [5.41, 5.74) is 3.85. The first-order valence-corrected chi connectivity index (χ1v) is 6.61. The molecule has 1 heterocycles. The Balaban J connectivity index is 1.59. The van der Waals surface area contributed by atoms with Crippen molar-refractivity contribution in [2.75, 3.05) is 0 Å². The van der Waals surface area contributed by atoms with Crippen molar-refractivity contribution in [1.82, 2.24) is 10.6 Å². The Morgan fingerprint density at radius 2 is 2.16 bits per heavy atom. The fraction of sp³-hybridized carbons (Fsp3) is 0.429. The van der Waals surface area contributed by atoms with E-state index < -0.39 is 0 Å². The van der Waals surface area contributed by atoms with Crippen LogP contribution in [-0.4, -0.2) is 17.2 Å². The smallest absolute Gasteiger partial charge is 0.249 e. The first kappa shape index (κ1) is 12.2. The minimum Gasteiger partial charge on any atom is -0.356 e. The third-order valence-corrected chi connectivity index (χ3v) is 3.42. The summed E-state index contributed by atoms with van der Waals surface area (Å²) >= 11 is 0. The minimum absolute atomic E-state index is 0.165. The highest BCUT2D eigenvalue weighted by Crippen LogP contribution is 2.20. The first-order valence-electron chi connectivity index (χ1n) is 6.61. The van der Waals surface area contributed by atoms with Crippen LogP contribution in [0.2, 0.25) is 0 Å². The zero-order chi connectivity index (χ0) is 13.1. The van der Waals surface area contributed by atoms with E-state index >= 15 is 0 Å². The highest BCUT2D eigenvalue weighted by atomic mass is 16.7. The molecule has 0 bridgehead atoms. The van der Waals surface area contributed by atoms with Gasteiger partial charge in [-0.2, -0.15) is 0 Å². The maximum absolute atomic E-state index is 11.8. The van der Waals surface area contributed by atoms with Crippen LogP contribution in [0, 0.1) is 0 Å². The lowest BCUT2D eigenvalue weighted by molar-refractivity contribution is -0.137. The number of hydrogen-bond donors (Lipinski definition) is 1. The fourth-order valence-corrected chi connectivity index (χ4v) is 2.41. The van der Waals surface area contributed by atoms with Crippen molar-refractivity contribution >= 4 is 16.9 Å². The Bertz CT molecular complexity index is 573. The lowest BCUT2D eigenvalue weighted by atomic mass is 10.2. The van der Waals surface area contributed by atoms with Crippen LogP contribution < -0.4 is 5.48 Å². The molecule has 1 aliphatic carbocycles. The molecule has 5 heteroatoms. The fourth-order valence-electron chi connectivity index (χ4n) is 2.41. The van der Waals surface area contributed by atoms with E-state index in [0.717, 1.165) is 18.2 Å². The van der Waals surface area contributed by atoms with E-state index in [1.54, 1.807) is 0 Å². The van der Waals surface area contributed by atoms with Crippen LogP contribution >= 0.6 is 0 Å². The van der Waals surface area contributed by atoms with E-state index in [4.69, 9.17) is 9.36 Å². The quantitative estimate of drug-likeness (QED) is 0.857. The van der Waals surface area contributed by atoms with E-state index in [1.165, 1.54) is 12.8 Å². The maximum Gasteiger partial charge on any atom is 0.249 e. The Labute approximate surface area is 110 Å². The number of nitrogens with one attached hydrogen (secondary N) is 1. The Hall–Kier alpha value is -1.88. The number of benzene rings is 1. The van der Waals surface area contributed by atoms with Gasteiger partial charge in [-0.25, -0.2) is 5.48 Å². The monoisotopic (exact) mass is 260 g/mol. The second-order valence-corrected chi connectivity index (χ2v) is 4.85. The Kier molecular flexibility index (Phi) is 3.46. The number of nitrogens with zero attached hydrogens (tertiary/aromatic N) is 1. The Morgan fingerprint density at radius 3 is 3.00 bits per heavy atom. The first-order chi connectivity index (χ1) is 9.33. The normalized spacial score (nSPS) is 16.0. The number of para-hydroxylation sites is 1. The van der Waals surface area contributed by atoms with E-state index in [0.29, 0.717) is 11.3 Å². The standard InChI is InChI=1S/C14H16N2O3/c17-14(16-18-10-5-1-2-6-10)9-12-11-7-3-4-8-13(11)19-15-12/h3-4,7-8,10H,1-2,5-6,9H2,(H,16,17). The number of fused-ring (bicyclic) bond motifs is 1. The molecule has 0 radical (unpaired) electrons. The molecule has 2 aromatic rings. The molecule has 0 atom stereocenters. The third kappa shape index (κ3) is 2.76. The van der Waals surface area contributed by atoms with Gasteiger partial charge < -0.3 is 4.52 Å².